The largest absolute Gasteiger partial charge is 0.0648 e. The van der Waals surface area contributed by atoms with E-state index < -0.39 is 0 Å². The highest BCUT2D eigenvalue weighted by Crippen LogP contribution is 2.50. The van der Waals surface area contributed by atoms with Crippen molar-refractivity contribution in [2.45, 2.75) is 74.7 Å². The molecule has 0 aromatic rings. The summed E-state index contributed by atoms with van der Waals surface area (Å²) in [7, 11) is 0. The van der Waals surface area contributed by atoms with Gasteiger partial charge in [-0.1, -0.05) is 68.2 Å². The molecule has 14 heavy (non-hydrogen) atoms. The molecule has 0 bridgehead atoms. The van der Waals surface area contributed by atoms with Gasteiger partial charge in [-0.25, -0.2) is 0 Å². The van der Waals surface area contributed by atoms with Crippen LogP contribution in [-0.4, -0.2) is 0 Å². The van der Waals surface area contributed by atoms with Crippen LogP contribution in [0, 0.1) is 16.2 Å². The minimum Gasteiger partial charge on any atom is -0.0648 e. The van der Waals surface area contributed by atoms with Crippen molar-refractivity contribution >= 4 is 0 Å². The molecule has 0 heteroatoms. The fraction of sp³-hybridized carbons (Fsp3) is 1.00. The zero-order valence-corrected chi connectivity index (χ0v) is 11.6. The van der Waals surface area contributed by atoms with Crippen LogP contribution in [0.4, 0.5) is 0 Å². The molecule has 0 aliphatic heterocycles. The Morgan fingerprint density at radius 2 is 1.07 bits per heavy atom. The Morgan fingerprint density at radius 1 is 0.714 bits per heavy atom. The highest BCUT2D eigenvalue weighted by atomic mass is 14.4. The fourth-order valence-corrected chi connectivity index (χ4v) is 2.75. The summed E-state index contributed by atoms with van der Waals surface area (Å²) in [6.45, 7) is 19.0. The second kappa shape index (κ2) is 4.24. The van der Waals surface area contributed by atoms with E-state index in [-0.39, 0.29) is 0 Å². The third kappa shape index (κ3) is 3.29. The van der Waals surface area contributed by atoms with E-state index in [2.05, 4.69) is 55.4 Å². The van der Waals surface area contributed by atoms with Gasteiger partial charge in [-0.2, -0.15) is 0 Å². The lowest BCUT2D eigenvalue weighted by Gasteiger charge is -2.47. The Hall–Kier alpha value is 0. The molecule has 0 fully saturated rings. The SMILES string of the molecule is CCC(C)(CC)C(C)(C)CC(C)(C)C. The lowest BCUT2D eigenvalue weighted by Crippen LogP contribution is -2.37. The third-order valence-electron chi connectivity index (χ3n) is 4.17. The summed E-state index contributed by atoms with van der Waals surface area (Å²) in [5.41, 5.74) is 1.37. The van der Waals surface area contributed by atoms with E-state index >= 15 is 0 Å². The summed E-state index contributed by atoms with van der Waals surface area (Å²) in [6.07, 6.45) is 3.87. The van der Waals surface area contributed by atoms with Crippen molar-refractivity contribution < 1.29 is 0 Å². The van der Waals surface area contributed by atoms with Crippen LogP contribution in [0.25, 0.3) is 0 Å². The highest BCUT2D eigenvalue weighted by Gasteiger charge is 2.40. The average molecular weight is 198 g/mol. The van der Waals surface area contributed by atoms with Crippen molar-refractivity contribution in [1.82, 2.24) is 0 Å². The quantitative estimate of drug-likeness (QED) is 0.577. The van der Waals surface area contributed by atoms with Crippen molar-refractivity contribution in [2.75, 3.05) is 0 Å². The maximum Gasteiger partial charge on any atom is -0.0280 e. The first-order valence-corrected chi connectivity index (χ1v) is 6.08. The van der Waals surface area contributed by atoms with Gasteiger partial charge in [0.15, 0.2) is 0 Å². The first kappa shape index (κ1) is 14.0. The molecular formula is C14H30. The van der Waals surface area contributed by atoms with Crippen molar-refractivity contribution in [1.29, 1.82) is 0 Å². The number of rotatable bonds is 4. The summed E-state index contributed by atoms with van der Waals surface area (Å²) in [5.74, 6) is 0. The van der Waals surface area contributed by atoms with Crippen LogP contribution in [0.5, 0.6) is 0 Å². The molecule has 0 aliphatic carbocycles. The lowest BCUT2D eigenvalue weighted by atomic mass is 9.58. The van der Waals surface area contributed by atoms with Crippen LogP contribution in [0.1, 0.15) is 74.7 Å². The zero-order valence-electron chi connectivity index (χ0n) is 11.6. The molecule has 0 atom stereocenters. The molecule has 0 unspecified atom stereocenters. The summed E-state index contributed by atoms with van der Waals surface area (Å²) in [4.78, 5) is 0. The van der Waals surface area contributed by atoms with Gasteiger partial charge in [0.05, 0.1) is 0 Å². The third-order valence-corrected chi connectivity index (χ3v) is 4.17. The van der Waals surface area contributed by atoms with Crippen molar-refractivity contribution in [3.8, 4) is 0 Å². The van der Waals surface area contributed by atoms with Crippen LogP contribution in [0.3, 0.4) is 0 Å². The number of hydrogen-bond acceptors (Lipinski definition) is 0. The molecule has 0 saturated heterocycles. The monoisotopic (exact) mass is 198 g/mol. The van der Waals surface area contributed by atoms with Gasteiger partial charge < -0.3 is 0 Å². The molecular weight excluding hydrogens is 168 g/mol. The van der Waals surface area contributed by atoms with Gasteiger partial charge in [0, 0.05) is 0 Å². The van der Waals surface area contributed by atoms with Gasteiger partial charge >= 0.3 is 0 Å². The van der Waals surface area contributed by atoms with Crippen LogP contribution < -0.4 is 0 Å². The summed E-state index contributed by atoms with van der Waals surface area (Å²) >= 11 is 0. The summed E-state index contributed by atoms with van der Waals surface area (Å²) in [6, 6.07) is 0. The minimum absolute atomic E-state index is 0.439. The normalized spacial score (nSPS) is 14.6. The Balaban J connectivity index is 4.75. The molecule has 0 N–H and O–H groups in total. The predicted molar refractivity (Wildman–Crippen MR) is 66.5 cm³/mol. The molecule has 0 aromatic carbocycles. The second-order valence-corrected chi connectivity index (χ2v) is 6.89. The van der Waals surface area contributed by atoms with Gasteiger partial charge in [0.2, 0.25) is 0 Å². The van der Waals surface area contributed by atoms with Gasteiger partial charge in [-0.05, 0) is 22.7 Å². The Morgan fingerprint density at radius 3 is 1.29 bits per heavy atom. The van der Waals surface area contributed by atoms with Crippen LogP contribution in [0.2, 0.25) is 0 Å². The van der Waals surface area contributed by atoms with Crippen molar-refractivity contribution in [2.24, 2.45) is 16.2 Å². The first-order valence-electron chi connectivity index (χ1n) is 6.08. The molecule has 0 amide bonds. The van der Waals surface area contributed by atoms with Crippen LogP contribution in [0.15, 0.2) is 0 Å². The predicted octanol–water partition coefficient (Wildman–Crippen LogP) is 5.28. The van der Waals surface area contributed by atoms with Crippen molar-refractivity contribution in [3.63, 3.8) is 0 Å². The number of hydrogen-bond donors (Lipinski definition) is 0. The van der Waals surface area contributed by atoms with E-state index in [4.69, 9.17) is 0 Å². The second-order valence-electron chi connectivity index (χ2n) is 6.89. The molecule has 0 rings (SSSR count). The Labute approximate surface area is 91.5 Å². The van der Waals surface area contributed by atoms with E-state index in [9.17, 15) is 0 Å². The van der Waals surface area contributed by atoms with Crippen LogP contribution >= 0.6 is 0 Å². The maximum absolute atomic E-state index is 2.44. The molecule has 0 saturated carbocycles. The molecule has 86 valence electrons. The van der Waals surface area contributed by atoms with Gasteiger partial charge in [-0.15, -0.1) is 0 Å². The van der Waals surface area contributed by atoms with Gasteiger partial charge in [-0.3, -0.25) is 0 Å². The average Bonchev–Trinajstić information content (AvgIpc) is 1.98. The van der Waals surface area contributed by atoms with Crippen LogP contribution in [-0.2, 0) is 0 Å². The van der Waals surface area contributed by atoms with Gasteiger partial charge in [0.1, 0.15) is 0 Å². The van der Waals surface area contributed by atoms with Gasteiger partial charge in [0.25, 0.3) is 0 Å². The molecule has 0 aliphatic rings. The molecule has 0 nitrogen and oxygen atoms in total. The van der Waals surface area contributed by atoms with E-state index in [0.717, 1.165) is 0 Å². The van der Waals surface area contributed by atoms with E-state index in [0.29, 0.717) is 16.2 Å². The Kier molecular flexibility index (Phi) is 4.24. The van der Waals surface area contributed by atoms with E-state index in [1.165, 1.54) is 19.3 Å². The molecule has 0 aromatic heterocycles. The fourth-order valence-electron chi connectivity index (χ4n) is 2.75. The lowest BCUT2D eigenvalue weighted by molar-refractivity contribution is 0.0349. The highest BCUT2D eigenvalue weighted by molar-refractivity contribution is 4.90. The van der Waals surface area contributed by atoms with E-state index in [1.54, 1.807) is 0 Å². The Bertz CT molecular complexity index is 165. The molecule has 0 heterocycles. The summed E-state index contributed by atoms with van der Waals surface area (Å²) in [5, 5.41) is 0. The molecule has 0 spiro atoms. The summed E-state index contributed by atoms with van der Waals surface area (Å²) < 4.78 is 0. The minimum atomic E-state index is 0.439. The zero-order chi connectivity index (χ0) is 11.6. The van der Waals surface area contributed by atoms with Crippen molar-refractivity contribution in [3.05, 3.63) is 0 Å². The topological polar surface area (TPSA) is 0 Å². The van der Waals surface area contributed by atoms with E-state index in [1.807, 2.05) is 0 Å². The smallest absolute Gasteiger partial charge is 0.0280 e. The molecule has 0 radical (unpaired) electrons. The maximum atomic E-state index is 2.44. The standard InChI is InChI=1S/C14H30/c1-9-14(8,10-2)13(6,7)11-12(3,4)5/h9-11H2,1-8H3. The first-order chi connectivity index (χ1) is 6.08.